The Morgan fingerprint density at radius 3 is 2.67 bits per heavy atom. The molecular weight excluding hydrogens is 400 g/mol. The van der Waals surface area contributed by atoms with Crippen LogP contribution in [0.25, 0.3) is 11.0 Å². The van der Waals surface area contributed by atoms with Crippen LogP contribution in [0.5, 0.6) is 0 Å². The summed E-state index contributed by atoms with van der Waals surface area (Å²) in [5.41, 5.74) is 6.68. The second-order valence-corrected chi connectivity index (χ2v) is 9.92. The Morgan fingerprint density at radius 1 is 1.23 bits per heavy atom. The maximum absolute atomic E-state index is 12.9. The highest BCUT2D eigenvalue weighted by Crippen LogP contribution is 2.44. The number of fused-ring (bicyclic) bond motifs is 2. The predicted octanol–water partition coefficient (Wildman–Crippen LogP) is 4.36. The molecule has 3 N–H and O–H groups in total. The van der Waals surface area contributed by atoms with Crippen LogP contribution in [0.4, 0.5) is 5.00 Å². The number of para-hydroxylation sites is 1. The Kier molecular flexibility index (Phi) is 5.02. The standard InChI is InChI=1S/C23H24N2O4S/c1-23(2,3)13-8-9-14-17(11-13)30-21(18(14)19(24)26)25-20(27)15-10-12-6-4-5-7-16(12)29-22(15)28/h4-7,10,13H,8-9,11H2,1-3H3,(H2,24,26)(H,25,27)/t13-/m0/s1. The van der Waals surface area contributed by atoms with Gasteiger partial charge in [-0.2, -0.15) is 0 Å². The Balaban J connectivity index is 1.69. The number of benzene rings is 1. The summed E-state index contributed by atoms with van der Waals surface area (Å²) >= 11 is 1.38. The first-order chi connectivity index (χ1) is 14.1. The molecule has 0 saturated carbocycles. The van der Waals surface area contributed by atoms with Crippen molar-refractivity contribution in [2.45, 2.75) is 40.0 Å². The molecule has 4 rings (SSSR count). The van der Waals surface area contributed by atoms with E-state index in [0.717, 1.165) is 29.7 Å². The molecule has 0 fully saturated rings. The van der Waals surface area contributed by atoms with Crippen molar-refractivity contribution in [1.29, 1.82) is 0 Å². The third kappa shape index (κ3) is 3.65. The number of carbonyl (C=O) groups excluding carboxylic acids is 2. The van der Waals surface area contributed by atoms with Gasteiger partial charge in [0.25, 0.3) is 11.8 Å². The van der Waals surface area contributed by atoms with E-state index in [0.29, 0.717) is 27.5 Å². The third-order valence-electron chi connectivity index (χ3n) is 5.85. The van der Waals surface area contributed by atoms with Crippen molar-refractivity contribution in [3.8, 4) is 0 Å². The lowest BCUT2D eigenvalue weighted by Crippen LogP contribution is -2.27. The van der Waals surface area contributed by atoms with Crippen LogP contribution < -0.4 is 16.7 Å². The first-order valence-electron chi connectivity index (χ1n) is 9.93. The monoisotopic (exact) mass is 424 g/mol. The molecule has 0 aliphatic heterocycles. The maximum Gasteiger partial charge on any atom is 0.349 e. The third-order valence-corrected chi connectivity index (χ3v) is 7.02. The molecule has 0 unspecified atom stereocenters. The summed E-state index contributed by atoms with van der Waals surface area (Å²) in [5.74, 6) is -0.689. The van der Waals surface area contributed by atoms with E-state index in [4.69, 9.17) is 10.2 Å². The highest BCUT2D eigenvalue weighted by Gasteiger charge is 2.33. The molecule has 0 radical (unpaired) electrons. The van der Waals surface area contributed by atoms with Gasteiger partial charge in [0, 0.05) is 10.3 Å². The summed E-state index contributed by atoms with van der Waals surface area (Å²) in [6.45, 7) is 6.65. The van der Waals surface area contributed by atoms with E-state index < -0.39 is 17.4 Å². The Labute approximate surface area is 178 Å². The molecule has 0 saturated heterocycles. The number of carbonyl (C=O) groups is 2. The second kappa shape index (κ2) is 7.40. The summed E-state index contributed by atoms with van der Waals surface area (Å²) in [4.78, 5) is 38.5. The quantitative estimate of drug-likeness (QED) is 0.610. The lowest BCUT2D eigenvalue weighted by molar-refractivity contribution is 0.1000. The van der Waals surface area contributed by atoms with Gasteiger partial charge in [-0.15, -0.1) is 11.3 Å². The van der Waals surface area contributed by atoms with E-state index in [1.165, 1.54) is 17.4 Å². The van der Waals surface area contributed by atoms with Gasteiger partial charge in [0.05, 0.1) is 5.56 Å². The fraction of sp³-hybridized carbons (Fsp3) is 0.348. The number of hydrogen-bond donors (Lipinski definition) is 2. The van der Waals surface area contributed by atoms with Crippen LogP contribution >= 0.6 is 11.3 Å². The predicted molar refractivity (Wildman–Crippen MR) is 118 cm³/mol. The molecule has 2 aromatic heterocycles. The number of thiophene rings is 1. The van der Waals surface area contributed by atoms with Crippen molar-refractivity contribution in [2.24, 2.45) is 17.1 Å². The zero-order valence-corrected chi connectivity index (χ0v) is 18.0. The van der Waals surface area contributed by atoms with Crippen LogP contribution in [-0.2, 0) is 12.8 Å². The van der Waals surface area contributed by atoms with E-state index in [1.807, 2.05) is 0 Å². The number of hydrogen-bond acceptors (Lipinski definition) is 5. The Morgan fingerprint density at radius 2 is 1.97 bits per heavy atom. The highest BCUT2D eigenvalue weighted by atomic mass is 32.1. The second-order valence-electron chi connectivity index (χ2n) is 8.82. The van der Waals surface area contributed by atoms with E-state index in [2.05, 4.69) is 26.1 Å². The van der Waals surface area contributed by atoms with Crippen LogP contribution in [-0.4, -0.2) is 11.8 Å². The largest absolute Gasteiger partial charge is 0.422 e. The minimum Gasteiger partial charge on any atom is -0.422 e. The summed E-state index contributed by atoms with van der Waals surface area (Å²) in [5, 5.41) is 3.79. The van der Waals surface area contributed by atoms with Gasteiger partial charge >= 0.3 is 5.63 Å². The van der Waals surface area contributed by atoms with Gasteiger partial charge in [-0.3, -0.25) is 9.59 Å². The minimum atomic E-state index is -0.721. The molecule has 1 aromatic carbocycles. The zero-order valence-electron chi connectivity index (χ0n) is 17.2. The number of nitrogens with one attached hydrogen (secondary N) is 1. The first-order valence-corrected chi connectivity index (χ1v) is 10.8. The number of primary amides is 1. The minimum absolute atomic E-state index is 0.108. The molecule has 1 atom stereocenters. The van der Waals surface area contributed by atoms with Crippen LogP contribution in [0.2, 0.25) is 0 Å². The molecule has 156 valence electrons. The van der Waals surface area contributed by atoms with Crippen molar-refractivity contribution in [3.05, 3.63) is 62.3 Å². The van der Waals surface area contributed by atoms with Gasteiger partial charge in [0.2, 0.25) is 0 Å². The smallest absolute Gasteiger partial charge is 0.349 e. The average molecular weight is 425 g/mol. The fourth-order valence-electron chi connectivity index (χ4n) is 4.06. The molecule has 2 amide bonds. The van der Waals surface area contributed by atoms with Gasteiger partial charge in [-0.25, -0.2) is 4.79 Å². The summed E-state index contributed by atoms with van der Waals surface area (Å²) in [6.07, 6.45) is 2.56. The SMILES string of the molecule is CC(C)(C)[C@H]1CCc2c(sc(NC(=O)c3cc4ccccc4oc3=O)c2C(N)=O)C1. The van der Waals surface area contributed by atoms with Gasteiger partial charge in [0.15, 0.2) is 0 Å². The lowest BCUT2D eigenvalue weighted by Gasteiger charge is -2.33. The molecule has 2 heterocycles. The molecule has 1 aliphatic carbocycles. The van der Waals surface area contributed by atoms with Gasteiger partial charge < -0.3 is 15.5 Å². The van der Waals surface area contributed by atoms with Crippen molar-refractivity contribution in [2.75, 3.05) is 5.32 Å². The van der Waals surface area contributed by atoms with E-state index in [-0.39, 0.29) is 11.0 Å². The molecular formula is C23H24N2O4S. The van der Waals surface area contributed by atoms with Gasteiger partial charge in [-0.1, -0.05) is 39.0 Å². The maximum atomic E-state index is 12.9. The van der Waals surface area contributed by atoms with Gasteiger partial charge in [-0.05, 0) is 48.3 Å². The Bertz CT molecular complexity index is 1220. The normalized spacial score (nSPS) is 16.3. The summed E-state index contributed by atoms with van der Waals surface area (Å²) in [7, 11) is 0. The Hall–Kier alpha value is -2.93. The van der Waals surface area contributed by atoms with Crippen LogP contribution in [0.1, 0.15) is 58.3 Å². The lowest BCUT2D eigenvalue weighted by atomic mass is 9.72. The molecule has 0 spiro atoms. The molecule has 30 heavy (non-hydrogen) atoms. The van der Waals surface area contributed by atoms with E-state index >= 15 is 0 Å². The van der Waals surface area contributed by atoms with Gasteiger partial charge in [0.1, 0.15) is 16.1 Å². The molecule has 0 bridgehead atoms. The number of rotatable bonds is 3. The average Bonchev–Trinajstić information content (AvgIpc) is 3.03. The van der Waals surface area contributed by atoms with Crippen LogP contribution in [0.3, 0.4) is 0 Å². The van der Waals surface area contributed by atoms with Crippen LogP contribution in [0, 0.1) is 11.3 Å². The highest BCUT2D eigenvalue weighted by molar-refractivity contribution is 7.17. The van der Waals surface area contributed by atoms with Crippen molar-refractivity contribution in [3.63, 3.8) is 0 Å². The molecule has 1 aliphatic rings. The van der Waals surface area contributed by atoms with Crippen molar-refractivity contribution in [1.82, 2.24) is 0 Å². The number of amides is 2. The number of nitrogens with two attached hydrogens (primary N) is 1. The number of anilines is 1. The summed E-state index contributed by atoms with van der Waals surface area (Å²) < 4.78 is 5.26. The summed E-state index contributed by atoms with van der Waals surface area (Å²) in [6, 6.07) is 8.49. The zero-order chi connectivity index (χ0) is 21.6. The fourth-order valence-corrected chi connectivity index (χ4v) is 5.39. The first kappa shape index (κ1) is 20.3. The molecule has 6 nitrogen and oxygen atoms in total. The topological polar surface area (TPSA) is 102 Å². The van der Waals surface area contributed by atoms with E-state index in [9.17, 15) is 14.4 Å². The van der Waals surface area contributed by atoms with Crippen LogP contribution in [0.15, 0.2) is 39.5 Å². The molecule has 7 heteroatoms. The molecule has 3 aromatic rings. The van der Waals surface area contributed by atoms with Crippen molar-refractivity contribution >= 4 is 39.1 Å². The van der Waals surface area contributed by atoms with E-state index in [1.54, 1.807) is 24.3 Å². The van der Waals surface area contributed by atoms with Crippen molar-refractivity contribution < 1.29 is 14.0 Å².